The summed E-state index contributed by atoms with van der Waals surface area (Å²) in [4.78, 5) is 27.0. The van der Waals surface area contributed by atoms with Gasteiger partial charge in [0.1, 0.15) is 0 Å². The van der Waals surface area contributed by atoms with E-state index >= 15 is 0 Å². The van der Waals surface area contributed by atoms with Crippen molar-refractivity contribution >= 4 is 11.9 Å². The van der Waals surface area contributed by atoms with E-state index in [2.05, 4.69) is 22.1 Å². The van der Waals surface area contributed by atoms with Crippen molar-refractivity contribution < 1.29 is 14.3 Å². The highest BCUT2D eigenvalue weighted by molar-refractivity contribution is 5.96. The molecular formula is C14H17N3O3. The third-order valence-electron chi connectivity index (χ3n) is 2.31. The average molecular weight is 275 g/mol. The molecule has 0 atom stereocenters. The zero-order chi connectivity index (χ0) is 14.8. The van der Waals surface area contributed by atoms with E-state index in [1.54, 1.807) is 13.0 Å². The average Bonchev–Trinajstić information content (AvgIpc) is 2.45. The van der Waals surface area contributed by atoms with Crippen molar-refractivity contribution in [2.75, 3.05) is 19.7 Å². The molecule has 0 fully saturated rings. The highest BCUT2D eigenvalue weighted by Crippen LogP contribution is 2.05. The monoisotopic (exact) mass is 275 g/mol. The Kier molecular flexibility index (Phi) is 6.79. The lowest BCUT2D eigenvalue weighted by atomic mass is 10.1. The zero-order valence-corrected chi connectivity index (χ0v) is 11.3. The summed E-state index contributed by atoms with van der Waals surface area (Å²) >= 11 is 0. The van der Waals surface area contributed by atoms with E-state index in [4.69, 9.17) is 10.5 Å². The largest absolute Gasteiger partial charge is 0.466 e. The van der Waals surface area contributed by atoms with Gasteiger partial charge in [0.05, 0.1) is 30.7 Å². The maximum atomic E-state index is 12.0. The number of nitrogens with two attached hydrogens (primary N) is 1. The highest BCUT2D eigenvalue weighted by atomic mass is 16.5. The summed E-state index contributed by atoms with van der Waals surface area (Å²) in [5.74, 6) is 4.81. The van der Waals surface area contributed by atoms with E-state index in [1.165, 1.54) is 12.4 Å². The van der Waals surface area contributed by atoms with Gasteiger partial charge in [0, 0.05) is 18.9 Å². The molecule has 1 heterocycles. The van der Waals surface area contributed by atoms with Crippen LogP contribution in [0.15, 0.2) is 18.5 Å². The minimum absolute atomic E-state index is 0.133. The minimum atomic E-state index is -0.342. The van der Waals surface area contributed by atoms with Crippen LogP contribution in [0.25, 0.3) is 0 Å². The second kappa shape index (κ2) is 8.67. The molecule has 0 aliphatic heterocycles. The molecule has 6 heteroatoms. The molecule has 0 aliphatic carbocycles. The number of amides is 1. The van der Waals surface area contributed by atoms with E-state index in [9.17, 15) is 9.59 Å². The summed E-state index contributed by atoms with van der Waals surface area (Å²) in [5, 5.41) is 2.64. The maximum absolute atomic E-state index is 12.0. The van der Waals surface area contributed by atoms with E-state index in [0.717, 1.165) is 0 Å². The molecule has 1 aromatic heterocycles. The number of aromatic nitrogens is 1. The predicted molar refractivity (Wildman–Crippen MR) is 73.8 cm³/mol. The van der Waals surface area contributed by atoms with E-state index in [1.807, 2.05) is 0 Å². The first kappa shape index (κ1) is 15.7. The van der Waals surface area contributed by atoms with Gasteiger partial charge in [-0.3, -0.25) is 14.6 Å². The Labute approximate surface area is 117 Å². The fraction of sp³-hybridized carbons (Fsp3) is 0.357. The van der Waals surface area contributed by atoms with Gasteiger partial charge in [0.15, 0.2) is 0 Å². The predicted octanol–water partition coefficient (Wildman–Crippen LogP) is 0.0748. The number of nitrogens with zero attached hydrogens (tertiary/aromatic N) is 1. The molecule has 1 amide bonds. The Morgan fingerprint density at radius 1 is 1.50 bits per heavy atom. The van der Waals surface area contributed by atoms with Gasteiger partial charge in [-0.15, -0.1) is 0 Å². The van der Waals surface area contributed by atoms with Gasteiger partial charge in [0.2, 0.25) is 0 Å². The first-order valence-electron chi connectivity index (χ1n) is 6.25. The van der Waals surface area contributed by atoms with Crippen LogP contribution in [-0.4, -0.2) is 36.6 Å². The Morgan fingerprint density at radius 2 is 2.30 bits per heavy atom. The number of esters is 1. The van der Waals surface area contributed by atoms with Gasteiger partial charge in [-0.2, -0.15) is 0 Å². The van der Waals surface area contributed by atoms with Crippen molar-refractivity contribution in [3.63, 3.8) is 0 Å². The maximum Gasteiger partial charge on any atom is 0.307 e. The molecule has 20 heavy (non-hydrogen) atoms. The van der Waals surface area contributed by atoms with Crippen LogP contribution in [0, 0.1) is 11.8 Å². The standard InChI is InChI=1S/C14H17N3O3/c1-2-20-13(18)6-9-17-14(19)12-5-8-16-10-11(12)4-3-7-15/h5,8,10H,2,6-7,9,15H2,1H3,(H,17,19). The lowest BCUT2D eigenvalue weighted by Gasteiger charge is -2.06. The summed E-state index contributed by atoms with van der Waals surface area (Å²) < 4.78 is 4.77. The lowest BCUT2D eigenvalue weighted by molar-refractivity contribution is -0.142. The Bertz CT molecular complexity index is 532. The van der Waals surface area contributed by atoms with Crippen molar-refractivity contribution in [3.8, 4) is 11.8 Å². The quantitative estimate of drug-likeness (QED) is 0.586. The summed E-state index contributed by atoms with van der Waals surface area (Å²) in [6, 6.07) is 1.57. The Morgan fingerprint density at radius 3 is 3.00 bits per heavy atom. The molecule has 0 aliphatic rings. The van der Waals surface area contributed by atoms with Gasteiger partial charge in [-0.1, -0.05) is 11.8 Å². The van der Waals surface area contributed by atoms with Crippen molar-refractivity contribution in [3.05, 3.63) is 29.6 Å². The summed E-state index contributed by atoms with van der Waals surface area (Å²) in [5.41, 5.74) is 6.21. The molecule has 0 radical (unpaired) electrons. The minimum Gasteiger partial charge on any atom is -0.466 e. The molecule has 106 valence electrons. The molecule has 0 saturated heterocycles. The van der Waals surface area contributed by atoms with Crippen LogP contribution in [0.5, 0.6) is 0 Å². The van der Waals surface area contributed by atoms with Crippen LogP contribution < -0.4 is 11.1 Å². The summed E-state index contributed by atoms with van der Waals surface area (Å²) in [6.45, 7) is 2.48. The Hall–Kier alpha value is -2.39. The molecule has 3 N–H and O–H groups in total. The van der Waals surface area contributed by atoms with Crippen LogP contribution in [0.3, 0.4) is 0 Å². The fourth-order valence-corrected chi connectivity index (χ4v) is 1.44. The normalized spacial score (nSPS) is 9.30. The summed E-state index contributed by atoms with van der Waals surface area (Å²) in [7, 11) is 0. The number of hydrogen-bond donors (Lipinski definition) is 2. The molecule has 0 saturated carbocycles. The van der Waals surface area contributed by atoms with E-state index in [-0.39, 0.29) is 31.4 Å². The SMILES string of the molecule is CCOC(=O)CCNC(=O)c1ccncc1C#CCN. The van der Waals surface area contributed by atoms with E-state index in [0.29, 0.717) is 17.7 Å². The molecule has 6 nitrogen and oxygen atoms in total. The van der Waals surface area contributed by atoms with Crippen molar-refractivity contribution in [1.29, 1.82) is 0 Å². The Balaban J connectivity index is 2.61. The topological polar surface area (TPSA) is 94.3 Å². The van der Waals surface area contributed by atoms with Gasteiger partial charge >= 0.3 is 5.97 Å². The second-order valence-corrected chi connectivity index (χ2v) is 3.74. The first-order valence-corrected chi connectivity index (χ1v) is 6.25. The van der Waals surface area contributed by atoms with Crippen molar-refractivity contribution in [1.82, 2.24) is 10.3 Å². The molecule has 0 spiro atoms. The van der Waals surface area contributed by atoms with Crippen LogP contribution in [0.1, 0.15) is 29.3 Å². The number of pyridine rings is 1. The van der Waals surface area contributed by atoms with Crippen molar-refractivity contribution in [2.24, 2.45) is 5.73 Å². The number of carbonyl (C=O) groups excluding carboxylic acids is 2. The van der Waals surface area contributed by atoms with Crippen LogP contribution in [0.4, 0.5) is 0 Å². The third kappa shape index (κ3) is 5.08. The fourth-order valence-electron chi connectivity index (χ4n) is 1.44. The third-order valence-corrected chi connectivity index (χ3v) is 2.31. The molecule has 0 aromatic carbocycles. The van der Waals surface area contributed by atoms with Crippen LogP contribution >= 0.6 is 0 Å². The zero-order valence-electron chi connectivity index (χ0n) is 11.3. The smallest absolute Gasteiger partial charge is 0.307 e. The second-order valence-electron chi connectivity index (χ2n) is 3.74. The molecule has 1 aromatic rings. The lowest BCUT2D eigenvalue weighted by Crippen LogP contribution is -2.27. The van der Waals surface area contributed by atoms with Crippen LogP contribution in [-0.2, 0) is 9.53 Å². The number of nitrogens with one attached hydrogen (secondary N) is 1. The van der Waals surface area contributed by atoms with Gasteiger partial charge in [-0.05, 0) is 13.0 Å². The summed E-state index contributed by atoms with van der Waals surface area (Å²) in [6.07, 6.45) is 3.14. The molecule has 1 rings (SSSR count). The van der Waals surface area contributed by atoms with Crippen molar-refractivity contribution in [2.45, 2.75) is 13.3 Å². The van der Waals surface area contributed by atoms with Crippen LogP contribution in [0.2, 0.25) is 0 Å². The van der Waals surface area contributed by atoms with Gasteiger partial charge in [0.25, 0.3) is 5.91 Å². The number of carbonyl (C=O) groups is 2. The molecule has 0 unspecified atom stereocenters. The van der Waals surface area contributed by atoms with E-state index < -0.39 is 0 Å². The highest BCUT2D eigenvalue weighted by Gasteiger charge is 2.10. The number of rotatable bonds is 5. The number of hydrogen-bond acceptors (Lipinski definition) is 5. The van der Waals surface area contributed by atoms with Gasteiger partial charge in [-0.25, -0.2) is 0 Å². The first-order chi connectivity index (χ1) is 9.69. The number of ether oxygens (including phenoxy) is 1. The molecule has 0 bridgehead atoms. The molecular weight excluding hydrogens is 258 g/mol. The van der Waals surface area contributed by atoms with Gasteiger partial charge < -0.3 is 15.8 Å².